The van der Waals surface area contributed by atoms with Crippen LogP contribution >= 0.6 is 11.8 Å². The Balaban J connectivity index is 1.05. The smallest absolute Gasteiger partial charge is 0.319 e. The van der Waals surface area contributed by atoms with Gasteiger partial charge in [-0.3, -0.25) is 4.79 Å². The van der Waals surface area contributed by atoms with Gasteiger partial charge in [-0.25, -0.2) is 9.48 Å². The van der Waals surface area contributed by atoms with Crippen molar-refractivity contribution in [2.45, 2.75) is 17.3 Å². The normalized spacial score (nSPS) is 10.5. The lowest BCUT2D eigenvalue weighted by atomic mass is 10.2. The minimum atomic E-state index is -0.386. The number of urea groups is 1. The van der Waals surface area contributed by atoms with E-state index in [0.29, 0.717) is 34.3 Å². The summed E-state index contributed by atoms with van der Waals surface area (Å²) in [5.41, 5.74) is 2.30. The van der Waals surface area contributed by atoms with Gasteiger partial charge in [0.05, 0.1) is 18.6 Å². The molecule has 0 aliphatic rings. The van der Waals surface area contributed by atoms with Crippen LogP contribution in [0.2, 0.25) is 0 Å². The van der Waals surface area contributed by atoms with Gasteiger partial charge >= 0.3 is 6.03 Å². The maximum absolute atomic E-state index is 12.7. The van der Waals surface area contributed by atoms with Gasteiger partial charge < -0.3 is 20.7 Å². The fourth-order valence-corrected chi connectivity index (χ4v) is 4.38. The second-order valence-electron chi connectivity index (χ2n) is 8.61. The summed E-state index contributed by atoms with van der Waals surface area (Å²) in [5.74, 6) is 1.77. The molecule has 1 aromatic heterocycles. The number of hydrogen-bond donors (Lipinski definition) is 3. The average molecular weight is 551 g/mol. The van der Waals surface area contributed by atoms with Gasteiger partial charge in [0.15, 0.2) is 0 Å². The summed E-state index contributed by atoms with van der Waals surface area (Å²) in [6.07, 6.45) is 1.80. The first-order valence-corrected chi connectivity index (χ1v) is 13.5. The SMILES string of the molecule is O=C(NCc1cn(CSc2ccccc2)nn1)Nc1ccc(C(=O)Nc2ccc(Oc3ccccc3)cc2)cc1. The third-order valence-corrected chi connectivity index (χ3v) is 6.62. The number of thioether (sulfide) groups is 1. The fourth-order valence-electron chi connectivity index (χ4n) is 3.63. The van der Waals surface area contributed by atoms with Gasteiger partial charge in [0.2, 0.25) is 0 Å². The highest BCUT2D eigenvalue weighted by atomic mass is 32.2. The zero-order chi connectivity index (χ0) is 27.6. The molecule has 0 atom stereocenters. The summed E-state index contributed by atoms with van der Waals surface area (Å²) in [7, 11) is 0. The standard InChI is InChI=1S/C30H26N6O3S/c37-29(32-23-15-17-27(18-16-23)39-26-7-3-1-4-8-26)22-11-13-24(14-12-22)33-30(38)31-19-25-20-36(35-34-25)21-40-28-9-5-2-6-10-28/h1-18,20H,19,21H2,(H,32,37)(H2,31,33,38). The summed E-state index contributed by atoms with van der Waals surface area (Å²) in [5, 5.41) is 16.6. The van der Waals surface area contributed by atoms with Crippen molar-refractivity contribution in [1.82, 2.24) is 20.3 Å². The molecule has 9 nitrogen and oxygen atoms in total. The lowest BCUT2D eigenvalue weighted by Crippen LogP contribution is -2.28. The molecule has 0 bridgehead atoms. The first-order valence-electron chi connectivity index (χ1n) is 12.5. The molecule has 0 aliphatic carbocycles. The molecule has 0 aliphatic heterocycles. The van der Waals surface area contributed by atoms with Crippen molar-refractivity contribution in [2.24, 2.45) is 0 Å². The highest BCUT2D eigenvalue weighted by Crippen LogP contribution is 2.23. The Morgan fingerprint density at radius 1 is 0.750 bits per heavy atom. The molecule has 0 radical (unpaired) electrons. The fraction of sp³-hybridized carbons (Fsp3) is 0.0667. The maximum Gasteiger partial charge on any atom is 0.319 e. The van der Waals surface area contributed by atoms with E-state index >= 15 is 0 Å². The molecule has 40 heavy (non-hydrogen) atoms. The van der Waals surface area contributed by atoms with Gasteiger partial charge in [-0.15, -0.1) is 16.9 Å². The molecule has 5 aromatic rings. The second kappa shape index (κ2) is 13.1. The van der Waals surface area contributed by atoms with Gasteiger partial charge in [-0.1, -0.05) is 41.6 Å². The highest BCUT2D eigenvalue weighted by molar-refractivity contribution is 7.98. The monoisotopic (exact) mass is 550 g/mol. The lowest BCUT2D eigenvalue weighted by molar-refractivity contribution is 0.102. The van der Waals surface area contributed by atoms with Gasteiger partial charge in [0.1, 0.15) is 17.2 Å². The molecule has 10 heteroatoms. The number of nitrogens with one attached hydrogen (secondary N) is 3. The number of rotatable bonds is 10. The first kappa shape index (κ1) is 26.5. The quantitative estimate of drug-likeness (QED) is 0.174. The minimum Gasteiger partial charge on any atom is -0.457 e. The van der Waals surface area contributed by atoms with Crippen molar-refractivity contribution < 1.29 is 14.3 Å². The van der Waals surface area contributed by atoms with E-state index in [-0.39, 0.29) is 18.5 Å². The number of amides is 3. The Morgan fingerprint density at radius 2 is 1.38 bits per heavy atom. The van der Waals surface area contributed by atoms with E-state index < -0.39 is 0 Å². The van der Waals surface area contributed by atoms with Gasteiger partial charge in [0.25, 0.3) is 5.91 Å². The zero-order valence-corrected chi connectivity index (χ0v) is 22.2. The summed E-state index contributed by atoms with van der Waals surface area (Å²) in [6, 6.07) is 32.9. The number of benzene rings is 4. The van der Waals surface area contributed by atoms with E-state index in [4.69, 9.17) is 4.74 Å². The molecular formula is C30H26N6O3S. The molecule has 5 rings (SSSR count). The third-order valence-electron chi connectivity index (χ3n) is 5.62. The summed E-state index contributed by atoms with van der Waals surface area (Å²) >= 11 is 1.64. The van der Waals surface area contributed by atoms with E-state index in [0.717, 1.165) is 10.6 Å². The number of nitrogens with zero attached hydrogens (tertiary/aromatic N) is 3. The largest absolute Gasteiger partial charge is 0.457 e. The summed E-state index contributed by atoms with van der Waals surface area (Å²) < 4.78 is 7.50. The van der Waals surface area contributed by atoms with Crippen LogP contribution in [0.5, 0.6) is 11.5 Å². The van der Waals surface area contributed by atoms with Crippen LogP contribution < -0.4 is 20.7 Å². The van der Waals surface area contributed by atoms with Crippen molar-refractivity contribution in [3.05, 3.63) is 127 Å². The number of carbonyl (C=O) groups excluding carboxylic acids is 2. The average Bonchev–Trinajstić information content (AvgIpc) is 3.45. The number of anilines is 2. The van der Waals surface area contributed by atoms with Gasteiger partial charge in [0, 0.05) is 21.8 Å². The first-order chi connectivity index (χ1) is 19.6. The van der Waals surface area contributed by atoms with Crippen LogP contribution in [-0.2, 0) is 12.4 Å². The lowest BCUT2D eigenvalue weighted by Gasteiger charge is -2.09. The minimum absolute atomic E-state index is 0.234. The van der Waals surface area contributed by atoms with Crippen LogP contribution in [-0.4, -0.2) is 26.9 Å². The number of hydrogen-bond acceptors (Lipinski definition) is 6. The topological polar surface area (TPSA) is 110 Å². The molecule has 3 N–H and O–H groups in total. The van der Waals surface area contributed by atoms with Crippen LogP contribution in [0.15, 0.2) is 120 Å². The molecule has 3 amide bonds. The highest BCUT2D eigenvalue weighted by Gasteiger charge is 2.09. The van der Waals surface area contributed by atoms with Crippen molar-refractivity contribution in [2.75, 3.05) is 10.6 Å². The van der Waals surface area contributed by atoms with Crippen LogP contribution in [0.1, 0.15) is 16.1 Å². The number of para-hydroxylation sites is 1. The number of ether oxygens (including phenoxy) is 1. The summed E-state index contributed by atoms with van der Waals surface area (Å²) in [6.45, 7) is 0.234. The molecule has 0 unspecified atom stereocenters. The Hall–Kier alpha value is -5.09. The van der Waals surface area contributed by atoms with E-state index in [1.54, 1.807) is 71.2 Å². The van der Waals surface area contributed by atoms with Gasteiger partial charge in [-0.05, 0) is 72.8 Å². The summed E-state index contributed by atoms with van der Waals surface area (Å²) in [4.78, 5) is 26.1. The number of carbonyl (C=O) groups is 2. The molecule has 1 heterocycles. The Kier molecular flexibility index (Phi) is 8.70. The molecule has 200 valence electrons. The van der Waals surface area contributed by atoms with E-state index in [2.05, 4.69) is 26.3 Å². The zero-order valence-electron chi connectivity index (χ0n) is 21.4. The van der Waals surface area contributed by atoms with Crippen LogP contribution in [0.4, 0.5) is 16.2 Å². The molecular weight excluding hydrogens is 524 g/mol. The predicted molar refractivity (Wildman–Crippen MR) is 156 cm³/mol. The van der Waals surface area contributed by atoms with E-state index in [1.807, 2.05) is 60.7 Å². The van der Waals surface area contributed by atoms with Crippen molar-refractivity contribution in [1.29, 1.82) is 0 Å². The molecule has 0 saturated carbocycles. The Morgan fingerprint density at radius 3 is 2.10 bits per heavy atom. The molecule has 4 aromatic carbocycles. The number of aromatic nitrogens is 3. The third kappa shape index (κ3) is 7.71. The second-order valence-corrected chi connectivity index (χ2v) is 9.63. The maximum atomic E-state index is 12.7. The predicted octanol–water partition coefficient (Wildman–Crippen LogP) is 6.39. The molecule has 0 saturated heterocycles. The van der Waals surface area contributed by atoms with Crippen LogP contribution in [0.3, 0.4) is 0 Å². The van der Waals surface area contributed by atoms with Crippen molar-refractivity contribution >= 4 is 35.1 Å². The van der Waals surface area contributed by atoms with Crippen molar-refractivity contribution in [3.63, 3.8) is 0 Å². The van der Waals surface area contributed by atoms with Crippen molar-refractivity contribution in [3.8, 4) is 11.5 Å². The Labute approximate surface area is 235 Å². The van der Waals surface area contributed by atoms with E-state index in [1.165, 1.54) is 0 Å². The molecule has 0 fully saturated rings. The van der Waals surface area contributed by atoms with E-state index in [9.17, 15) is 9.59 Å². The molecule has 0 spiro atoms. The Bertz CT molecular complexity index is 1540. The van der Waals surface area contributed by atoms with Crippen LogP contribution in [0, 0.1) is 0 Å². The van der Waals surface area contributed by atoms with Gasteiger partial charge in [-0.2, -0.15) is 0 Å². The van der Waals surface area contributed by atoms with Crippen LogP contribution in [0.25, 0.3) is 0 Å².